The van der Waals surface area contributed by atoms with Crippen LogP contribution in [0.25, 0.3) is 0 Å². The van der Waals surface area contributed by atoms with Crippen LogP contribution in [-0.4, -0.2) is 37.6 Å². The van der Waals surface area contributed by atoms with Gasteiger partial charge >= 0.3 is 0 Å². The van der Waals surface area contributed by atoms with Crippen molar-refractivity contribution in [3.05, 3.63) is 45.8 Å². The van der Waals surface area contributed by atoms with Crippen LogP contribution in [0.1, 0.15) is 57.3 Å². The second-order valence-electron chi connectivity index (χ2n) is 8.12. The normalized spacial score (nSPS) is 15.2. The van der Waals surface area contributed by atoms with Crippen LogP contribution < -0.4 is 11.1 Å². The molecule has 1 aliphatic rings. The first kappa shape index (κ1) is 25.4. The highest BCUT2D eigenvalue weighted by Gasteiger charge is 2.28. The van der Waals surface area contributed by atoms with Gasteiger partial charge in [-0.25, -0.2) is 8.42 Å². The van der Waals surface area contributed by atoms with Crippen molar-refractivity contribution in [3.63, 3.8) is 0 Å². The smallest absolute Gasteiger partial charge is 0.256 e. The van der Waals surface area contributed by atoms with Gasteiger partial charge in [-0.05, 0) is 55.0 Å². The monoisotopic (exact) mass is 499 g/mol. The van der Waals surface area contributed by atoms with E-state index in [1.807, 2.05) is 12.1 Å². The van der Waals surface area contributed by atoms with Crippen LogP contribution in [0.4, 0.5) is 5.00 Å². The van der Waals surface area contributed by atoms with Gasteiger partial charge in [0.2, 0.25) is 10.0 Å². The molecule has 1 atom stereocenters. The molecule has 3 rings (SSSR count). The number of carbonyl (C=O) groups excluding carboxylic acids is 2. The Labute approximate surface area is 202 Å². The highest BCUT2D eigenvalue weighted by atomic mass is 32.2. The van der Waals surface area contributed by atoms with Crippen LogP contribution in [0, 0.1) is 28.6 Å². The second kappa shape index (κ2) is 10.8. The number of hydrogen-bond acceptors (Lipinski definition) is 7. The SMILES string of the molecule is C[C@@H]1CCc2sc(NC(=O)c3ccc(S(=O)(=O)N(CCC#N)CCC#N)cc3)c(C(N)=O)c2C1. The van der Waals surface area contributed by atoms with Gasteiger partial charge in [-0.2, -0.15) is 14.8 Å². The number of sulfonamides is 1. The summed E-state index contributed by atoms with van der Waals surface area (Å²) in [6.45, 7) is 2.06. The number of nitriles is 2. The fraction of sp³-hybridized carbons (Fsp3) is 0.391. The fourth-order valence-corrected chi connectivity index (χ4v) is 6.60. The molecule has 1 aromatic heterocycles. The summed E-state index contributed by atoms with van der Waals surface area (Å²) in [6.07, 6.45) is 2.57. The van der Waals surface area contributed by atoms with Crippen molar-refractivity contribution in [1.29, 1.82) is 10.5 Å². The molecule has 2 amide bonds. The number of nitrogens with one attached hydrogen (secondary N) is 1. The maximum Gasteiger partial charge on any atom is 0.256 e. The third kappa shape index (κ3) is 5.45. The molecule has 178 valence electrons. The first-order chi connectivity index (χ1) is 16.2. The highest BCUT2D eigenvalue weighted by molar-refractivity contribution is 7.89. The number of nitrogens with zero attached hydrogens (tertiary/aromatic N) is 3. The summed E-state index contributed by atoms with van der Waals surface area (Å²) in [5.74, 6) is -0.638. The molecule has 0 saturated carbocycles. The van der Waals surface area contributed by atoms with Crippen LogP contribution in [-0.2, 0) is 22.9 Å². The van der Waals surface area contributed by atoms with Crippen LogP contribution in [0.5, 0.6) is 0 Å². The van der Waals surface area contributed by atoms with Gasteiger partial charge in [-0.1, -0.05) is 6.92 Å². The van der Waals surface area contributed by atoms with Crippen molar-refractivity contribution < 1.29 is 18.0 Å². The number of thiophene rings is 1. The molecule has 2 aromatic rings. The molecule has 34 heavy (non-hydrogen) atoms. The Hall–Kier alpha value is -3.25. The lowest BCUT2D eigenvalue weighted by Crippen LogP contribution is -2.32. The highest BCUT2D eigenvalue weighted by Crippen LogP contribution is 2.39. The number of anilines is 1. The molecule has 3 N–H and O–H groups in total. The standard InChI is InChI=1S/C23H25N5O4S2/c1-15-4-9-19-18(14-15)20(21(26)29)23(33-19)27-22(30)16-5-7-17(8-6-16)34(31,32)28(12-2-10-24)13-3-11-25/h5-8,15H,2-4,9,12-14H2,1H3,(H2,26,29)(H,27,30)/t15-/m1/s1. The number of aryl methyl sites for hydroxylation is 1. The Bertz CT molecular complexity index is 1250. The maximum atomic E-state index is 12.9. The van der Waals surface area contributed by atoms with Crippen LogP contribution in [0.15, 0.2) is 29.2 Å². The predicted molar refractivity (Wildman–Crippen MR) is 128 cm³/mol. The molecule has 0 spiro atoms. The van der Waals surface area contributed by atoms with Crippen molar-refractivity contribution >= 4 is 38.2 Å². The number of fused-ring (bicyclic) bond motifs is 1. The summed E-state index contributed by atoms with van der Waals surface area (Å²) in [5.41, 5.74) is 7.09. The van der Waals surface area contributed by atoms with E-state index in [1.165, 1.54) is 35.6 Å². The number of carbonyl (C=O) groups is 2. The molecule has 0 bridgehead atoms. The lowest BCUT2D eigenvalue weighted by Gasteiger charge is -2.20. The average molecular weight is 500 g/mol. The first-order valence-corrected chi connectivity index (χ1v) is 13.0. The Morgan fingerprint density at radius 3 is 2.35 bits per heavy atom. The minimum atomic E-state index is -3.93. The molecule has 0 radical (unpaired) electrons. The minimum Gasteiger partial charge on any atom is -0.365 e. The third-order valence-electron chi connectivity index (χ3n) is 5.68. The van der Waals surface area contributed by atoms with Gasteiger partial charge in [0.1, 0.15) is 5.00 Å². The van der Waals surface area contributed by atoms with Crippen LogP contribution in [0.2, 0.25) is 0 Å². The molecule has 0 fully saturated rings. The molecule has 9 nitrogen and oxygen atoms in total. The van der Waals surface area contributed by atoms with Gasteiger partial charge in [-0.3, -0.25) is 9.59 Å². The Morgan fingerprint density at radius 1 is 1.18 bits per heavy atom. The summed E-state index contributed by atoms with van der Waals surface area (Å²) in [7, 11) is -3.93. The third-order valence-corrected chi connectivity index (χ3v) is 8.80. The zero-order chi connectivity index (χ0) is 24.9. The van der Waals surface area contributed by atoms with Crippen LogP contribution in [0.3, 0.4) is 0 Å². The van der Waals surface area contributed by atoms with Gasteiger partial charge in [0.25, 0.3) is 11.8 Å². The van der Waals surface area contributed by atoms with Crippen LogP contribution >= 0.6 is 11.3 Å². The van der Waals surface area contributed by atoms with Crippen molar-refractivity contribution in [2.75, 3.05) is 18.4 Å². The van der Waals surface area contributed by atoms with E-state index in [4.69, 9.17) is 16.3 Å². The zero-order valence-electron chi connectivity index (χ0n) is 18.7. The van der Waals surface area contributed by atoms with Crippen molar-refractivity contribution in [2.24, 2.45) is 11.7 Å². The molecule has 1 aliphatic carbocycles. The summed E-state index contributed by atoms with van der Waals surface area (Å²) in [4.78, 5) is 26.0. The van der Waals surface area contributed by atoms with E-state index in [0.29, 0.717) is 16.5 Å². The minimum absolute atomic E-state index is 0.00306. The number of rotatable bonds is 9. The van der Waals surface area contributed by atoms with Gasteiger partial charge in [0, 0.05) is 36.4 Å². The predicted octanol–water partition coefficient (Wildman–Crippen LogP) is 3.04. The maximum absolute atomic E-state index is 12.9. The molecule has 1 aromatic carbocycles. The average Bonchev–Trinajstić information content (AvgIpc) is 3.16. The number of nitrogens with two attached hydrogens (primary N) is 1. The van der Waals surface area contributed by atoms with Gasteiger partial charge in [0.05, 0.1) is 22.6 Å². The molecule has 1 heterocycles. The summed E-state index contributed by atoms with van der Waals surface area (Å²) in [5, 5.41) is 20.8. The molecular formula is C23H25N5O4S2. The summed E-state index contributed by atoms with van der Waals surface area (Å²) in [6, 6.07) is 9.20. The van der Waals surface area contributed by atoms with E-state index < -0.39 is 21.8 Å². The largest absolute Gasteiger partial charge is 0.365 e. The van der Waals surface area contributed by atoms with Crippen molar-refractivity contribution in [3.8, 4) is 12.1 Å². The lowest BCUT2D eigenvalue weighted by molar-refractivity contribution is 0.1000. The number of benzene rings is 1. The number of amides is 2. The Balaban J connectivity index is 1.81. The second-order valence-corrected chi connectivity index (χ2v) is 11.2. The molecular weight excluding hydrogens is 474 g/mol. The van der Waals surface area contributed by atoms with Gasteiger partial charge in [0.15, 0.2) is 0 Å². The van der Waals surface area contributed by atoms with Crippen molar-refractivity contribution in [2.45, 2.75) is 43.9 Å². The first-order valence-electron chi connectivity index (χ1n) is 10.8. The molecule has 11 heteroatoms. The number of hydrogen-bond donors (Lipinski definition) is 2. The van der Waals surface area contributed by atoms with E-state index in [9.17, 15) is 18.0 Å². The van der Waals surface area contributed by atoms with E-state index in [2.05, 4.69) is 12.2 Å². The lowest BCUT2D eigenvalue weighted by atomic mass is 9.87. The van der Waals surface area contributed by atoms with Gasteiger partial charge < -0.3 is 11.1 Å². The Morgan fingerprint density at radius 2 is 1.79 bits per heavy atom. The van der Waals surface area contributed by atoms with Crippen molar-refractivity contribution in [1.82, 2.24) is 4.31 Å². The topological polar surface area (TPSA) is 157 Å². The fourth-order valence-electron chi connectivity index (χ4n) is 3.91. The number of primary amides is 1. The zero-order valence-corrected chi connectivity index (χ0v) is 20.3. The summed E-state index contributed by atoms with van der Waals surface area (Å²) < 4.78 is 27.0. The Kier molecular flexibility index (Phi) is 8.05. The van der Waals surface area contributed by atoms with E-state index >= 15 is 0 Å². The quantitative estimate of drug-likeness (QED) is 0.540. The van der Waals surface area contributed by atoms with E-state index in [0.717, 1.165) is 34.0 Å². The van der Waals surface area contributed by atoms with E-state index in [-0.39, 0.29) is 36.4 Å². The molecule has 0 aliphatic heterocycles. The van der Waals surface area contributed by atoms with Gasteiger partial charge in [-0.15, -0.1) is 11.3 Å². The molecule has 0 saturated heterocycles. The van der Waals surface area contributed by atoms with E-state index in [1.54, 1.807) is 0 Å². The summed E-state index contributed by atoms with van der Waals surface area (Å²) >= 11 is 1.35. The molecule has 0 unspecified atom stereocenters.